The summed E-state index contributed by atoms with van der Waals surface area (Å²) in [5.74, 6) is 1.55. The van der Waals surface area contributed by atoms with E-state index in [1.807, 2.05) is 0 Å². The molecule has 0 saturated carbocycles. The lowest BCUT2D eigenvalue weighted by Crippen LogP contribution is -2.10. The zero-order chi connectivity index (χ0) is 14.9. The molecule has 21 heavy (non-hydrogen) atoms. The summed E-state index contributed by atoms with van der Waals surface area (Å²) in [5, 5.41) is 7.27. The van der Waals surface area contributed by atoms with Crippen molar-refractivity contribution in [3.05, 3.63) is 53.9 Å². The van der Waals surface area contributed by atoms with Crippen LogP contribution in [0.5, 0.6) is 0 Å². The summed E-state index contributed by atoms with van der Waals surface area (Å²) in [6.07, 6.45) is 4.13. The van der Waals surface area contributed by atoms with Gasteiger partial charge in [0.2, 0.25) is 0 Å². The van der Waals surface area contributed by atoms with E-state index >= 15 is 0 Å². The molecule has 0 aliphatic heterocycles. The Kier molecular flexibility index (Phi) is 3.33. The Labute approximate surface area is 123 Å². The highest BCUT2D eigenvalue weighted by Crippen LogP contribution is 2.24. The molecule has 0 unspecified atom stereocenters. The van der Waals surface area contributed by atoms with Gasteiger partial charge in [-0.15, -0.1) is 0 Å². The van der Waals surface area contributed by atoms with Crippen LogP contribution in [0.15, 0.2) is 36.8 Å². The molecular weight excluding hydrogens is 262 g/mol. The number of hydrogen-bond acceptors (Lipinski definition) is 3. The number of nitrogens with zero attached hydrogens (tertiary/aromatic N) is 3. The van der Waals surface area contributed by atoms with Gasteiger partial charge in [0.25, 0.3) is 0 Å². The van der Waals surface area contributed by atoms with E-state index in [1.54, 1.807) is 12.5 Å². The van der Waals surface area contributed by atoms with Crippen LogP contribution in [0.3, 0.4) is 0 Å². The first-order valence-electron chi connectivity index (χ1n) is 7.02. The van der Waals surface area contributed by atoms with E-state index in [0.29, 0.717) is 6.42 Å². The van der Waals surface area contributed by atoms with Crippen LogP contribution in [0, 0.1) is 0 Å². The molecule has 0 amide bonds. The first kappa shape index (κ1) is 13.5. The third kappa shape index (κ3) is 3.02. The van der Waals surface area contributed by atoms with Crippen LogP contribution in [-0.4, -0.2) is 25.1 Å². The fourth-order valence-electron chi connectivity index (χ4n) is 2.18. The van der Waals surface area contributed by atoms with Crippen molar-refractivity contribution in [2.45, 2.75) is 32.6 Å². The molecule has 3 rings (SSSR count). The monoisotopic (exact) mass is 281 g/mol. The topological polar surface area (TPSA) is 70.2 Å². The second-order valence-corrected chi connectivity index (χ2v) is 6.19. The minimum Gasteiger partial charge on any atom is -0.348 e. The molecule has 0 aliphatic rings. The zero-order valence-corrected chi connectivity index (χ0v) is 12.5. The van der Waals surface area contributed by atoms with Crippen LogP contribution in [0.2, 0.25) is 0 Å². The summed E-state index contributed by atoms with van der Waals surface area (Å²) in [5.41, 5.74) is 3.50. The molecule has 1 aromatic carbocycles. The van der Waals surface area contributed by atoms with Gasteiger partial charge in [-0.3, -0.25) is 5.10 Å². The molecule has 0 spiro atoms. The number of nitrogens with one attached hydrogen (secondary N) is 2. The lowest BCUT2D eigenvalue weighted by Gasteiger charge is -2.18. The third-order valence-electron chi connectivity index (χ3n) is 3.45. The number of hydrogen-bond donors (Lipinski definition) is 2. The predicted octanol–water partition coefficient (Wildman–Crippen LogP) is 3.08. The average Bonchev–Trinajstić information content (AvgIpc) is 3.10. The molecule has 2 N–H and O–H groups in total. The van der Waals surface area contributed by atoms with Gasteiger partial charge in [0.1, 0.15) is 5.82 Å². The lowest BCUT2D eigenvalue weighted by molar-refractivity contribution is 0.590. The van der Waals surface area contributed by atoms with Gasteiger partial charge in [-0.1, -0.05) is 45.0 Å². The average molecular weight is 281 g/mol. The highest BCUT2D eigenvalue weighted by Gasteiger charge is 2.14. The second kappa shape index (κ2) is 5.16. The van der Waals surface area contributed by atoms with Crippen LogP contribution >= 0.6 is 0 Å². The normalized spacial score (nSPS) is 11.8. The molecule has 0 radical (unpaired) electrons. The van der Waals surface area contributed by atoms with E-state index in [9.17, 15) is 0 Å². The number of rotatable bonds is 3. The number of benzene rings is 1. The summed E-state index contributed by atoms with van der Waals surface area (Å²) in [7, 11) is 0. The lowest BCUT2D eigenvalue weighted by atomic mass is 9.87. The van der Waals surface area contributed by atoms with Crippen molar-refractivity contribution in [1.82, 2.24) is 25.1 Å². The Hall–Kier alpha value is -2.43. The standard InChI is InChI=1S/C16H19N5/c1-16(2,3)12-6-4-11(5-7-12)15-19-14(20-21-15)8-13-9-17-10-18-13/h4-7,9-10H,8H2,1-3H3,(H,17,18)(H,19,20,21). The minimum atomic E-state index is 0.156. The van der Waals surface area contributed by atoms with Gasteiger partial charge >= 0.3 is 0 Å². The van der Waals surface area contributed by atoms with E-state index < -0.39 is 0 Å². The summed E-state index contributed by atoms with van der Waals surface area (Å²) >= 11 is 0. The van der Waals surface area contributed by atoms with E-state index in [4.69, 9.17) is 0 Å². The van der Waals surface area contributed by atoms with Crippen LogP contribution in [0.25, 0.3) is 11.4 Å². The van der Waals surface area contributed by atoms with Crippen molar-refractivity contribution in [3.63, 3.8) is 0 Å². The largest absolute Gasteiger partial charge is 0.348 e. The van der Waals surface area contributed by atoms with Gasteiger partial charge < -0.3 is 4.98 Å². The van der Waals surface area contributed by atoms with Gasteiger partial charge in [-0.05, 0) is 11.0 Å². The van der Waals surface area contributed by atoms with Crippen molar-refractivity contribution >= 4 is 0 Å². The molecule has 2 aromatic heterocycles. The Balaban J connectivity index is 1.80. The Morgan fingerprint density at radius 3 is 2.48 bits per heavy atom. The molecular formula is C16H19N5. The van der Waals surface area contributed by atoms with Gasteiger partial charge in [0.15, 0.2) is 5.82 Å². The summed E-state index contributed by atoms with van der Waals surface area (Å²) in [4.78, 5) is 11.6. The molecule has 0 atom stereocenters. The highest BCUT2D eigenvalue weighted by atomic mass is 15.2. The van der Waals surface area contributed by atoms with Gasteiger partial charge in [0.05, 0.1) is 6.33 Å². The minimum absolute atomic E-state index is 0.156. The summed E-state index contributed by atoms with van der Waals surface area (Å²) in [6, 6.07) is 8.42. The van der Waals surface area contributed by atoms with E-state index in [0.717, 1.165) is 22.9 Å². The van der Waals surface area contributed by atoms with Gasteiger partial charge in [0, 0.05) is 23.9 Å². The van der Waals surface area contributed by atoms with Crippen molar-refractivity contribution in [2.75, 3.05) is 0 Å². The van der Waals surface area contributed by atoms with Crippen LogP contribution in [0.1, 0.15) is 37.9 Å². The molecule has 3 aromatic rings. The molecule has 108 valence electrons. The van der Waals surface area contributed by atoms with E-state index in [-0.39, 0.29) is 5.41 Å². The third-order valence-corrected chi connectivity index (χ3v) is 3.45. The molecule has 0 aliphatic carbocycles. The fourth-order valence-corrected chi connectivity index (χ4v) is 2.18. The smallest absolute Gasteiger partial charge is 0.181 e. The van der Waals surface area contributed by atoms with Crippen LogP contribution < -0.4 is 0 Å². The Bertz CT molecular complexity index is 702. The molecule has 5 heteroatoms. The summed E-state index contributed by atoms with van der Waals surface area (Å²) < 4.78 is 0. The molecule has 0 saturated heterocycles. The maximum Gasteiger partial charge on any atom is 0.181 e. The van der Waals surface area contributed by atoms with Crippen molar-refractivity contribution in [1.29, 1.82) is 0 Å². The highest BCUT2D eigenvalue weighted by molar-refractivity contribution is 5.55. The van der Waals surface area contributed by atoms with E-state index in [2.05, 4.69) is 70.2 Å². The van der Waals surface area contributed by atoms with Crippen LogP contribution in [-0.2, 0) is 11.8 Å². The van der Waals surface area contributed by atoms with Crippen LogP contribution in [0.4, 0.5) is 0 Å². The maximum atomic E-state index is 4.53. The van der Waals surface area contributed by atoms with Crippen molar-refractivity contribution in [3.8, 4) is 11.4 Å². The van der Waals surface area contributed by atoms with Gasteiger partial charge in [-0.2, -0.15) is 5.10 Å². The number of aromatic nitrogens is 5. The van der Waals surface area contributed by atoms with Crippen molar-refractivity contribution < 1.29 is 0 Å². The van der Waals surface area contributed by atoms with E-state index in [1.165, 1.54) is 5.56 Å². The zero-order valence-electron chi connectivity index (χ0n) is 12.5. The Morgan fingerprint density at radius 1 is 1.10 bits per heavy atom. The SMILES string of the molecule is CC(C)(C)c1ccc(-c2n[nH]c(Cc3cnc[nH]3)n2)cc1. The quantitative estimate of drug-likeness (QED) is 0.775. The molecule has 0 fully saturated rings. The number of H-pyrrole nitrogens is 2. The van der Waals surface area contributed by atoms with Gasteiger partial charge in [-0.25, -0.2) is 9.97 Å². The number of imidazole rings is 1. The first-order chi connectivity index (χ1) is 10.0. The van der Waals surface area contributed by atoms with Crippen molar-refractivity contribution in [2.24, 2.45) is 0 Å². The molecule has 2 heterocycles. The second-order valence-electron chi connectivity index (χ2n) is 6.19. The summed E-state index contributed by atoms with van der Waals surface area (Å²) in [6.45, 7) is 6.62. The maximum absolute atomic E-state index is 4.53. The molecule has 5 nitrogen and oxygen atoms in total. The number of aromatic amines is 2. The molecule has 0 bridgehead atoms. The predicted molar refractivity (Wildman–Crippen MR) is 81.9 cm³/mol. The Morgan fingerprint density at radius 2 is 1.86 bits per heavy atom. The first-order valence-corrected chi connectivity index (χ1v) is 7.02. The fraction of sp³-hybridized carbons (Fsp3) is 0.312.